The predicted molar refractivity (Wildman–Crippen MR) is 88.0 cm³/mol. The summed E-state index contributed by atoms with van der Waals surface area (Å²) >= 11 is 5.74. The summed E-state index contributed by atoms with van der Waals surface area (Å²) in [6.07, 6.45) is 0. The highest BCUT2D eigenvalue weighted by Crippen LogP contribution is 2.19. The van der Waals surface area contributed by atoms with Crippen LogP contribution in [0.4, 0.5) is 0 Å². The molecule has 0 aromatic heterocycles. The molecule has 2 aromatic rings. The van der Waals surface area contributed by atoms with Crippen LogP contribution < -0.4 is 9.86 Å². The summed E-state index contributed by atoms with van der Waals surface area (Å²) in [6.45, 7) is 1.65. The molecule has 124 valence electrons. The summed E-state index contributed by atoms with van der Waals surface area (Å²) in [6, 6.07) is 10.9. The number of halogens is 1. The maximum Gasteiger partial charge on any atom is 0.241 e. The van der Waals surface area contributed by atoms with Gasteiger partial charge in [0, 0.05) is 11.1 Å². The van der Waals surface area contributed by atoms with Crippen molar-refractivity contribution in [2.75, 3.05) is 0 Å². The monoisotopic (exact) mass is 374 g/mol. The van der Waals surface area contributed by atoms with E-state index in [9.17, 15) is 16.8 Å². The van der Waals surface area contributed by atoms with Crippen molar-refractivity contribution >= 4 is 31.6 Å². The van der Waals surface area contributed by atoms with Crippen LogP contribution in [0.3, 0.4) is 0 Å². The average molecular weight is 375 g/mol. The number of sulfonamides is 2. The van der Waals surface area contributed by atoms with Crippen LogP contribution in [0.15, 0.2) is 58.3 Å². The van der Waals surface area contributed by atoms with Gasteiger partial charge in [0.1, 0.15) is 0 Å². The normalized spacial score (nSPS) is 13.7. The molecule has 0 aliphatic carbocycles. The lowest BCUT2D eigenvalue weighted by Crippen LogP contribution is -2.27. The summed E-state index contributed by atoms with van der Waals surface area (Å²) in [4.78, 5) is 0.0592. The topological polar surface area (TPSA) is 106 Å². The van der Waals surface area contributed by atoms with Crippen LogP contribution in [-0.2, 0) is 20.0 Å². The van der Waals surface area contributed by atoms with Gasteiger partial charge in [-0.1, -0.05) is 23.7 Å². The molecule has 2 rings (SSSR count). The minimum absolute atomic E-state index is 0.0333. The standard InChI is InChI=1S/C14H15ClN2O4S2/c1-10(11-2-6-13(7-3-11)22(16,18)19)17-23(20,21)14-8-4-12(15)5-9-14/h2-10,17H,1H3,(H2,16,18,19). The van der Waals surface area contributed by atoms with Crippen LogP contribution in [0.1, 0.15) is 18.5 Å². The third kappa shape index (κ3) is 4.52. The number of benzene rings is 2. The Balaban J connectivity index is 2.21. The summed E-state index contributed by atoms with van der Waals surface area (Å²) in [5.41, 5.74) is 0.606. The maximum atomic E-state index is 12.3. The van der Waals surface area contributed by atoms with Gasteiger partial charge in [0.2, 0.25) is 20.0 Å². The molecule has 2 aromatic carbocycles. The quantitative estimate of drug-likeness (QED) is 0.834. The second-order valence-electron chi connectivity index (χ2n) is 4.91. The molecule has 3 N–H and O–H groups in total. The molecule has 23 heavy (non-hydrogen) atoms. The smallest absolute Gasteiger partial charge is 0.225 e. The molecule has 0 saturated carbocycles. The van der Waals surface area contributed by atoms with E-state index in [4.69, 9.17) is 16.7 Å². The SMILES string of the molecule is CC(NS(=O)(=O)c1ccc(Cl)cc1)c1ccc(S(N)(=O)=O)cc1. The van der Waals surface area contributed by atoms with Crippen molar-refractivity contribution in [1.29, 1.82) is 0 Å². The molecule has 0 aliphatic heterocycles. The first-order valence-electron chi connectivity index (χ1n) is 6.50. The molecule has 0 radical (unpaired) electrons. The average Bonchev–Trinajstić information content (AvgIpc) is 2.46. The lowest BCUT2D eigenvalue weighted by Gasteiger charge is -2.15. The Bertz CT molecular complexity index is 893. The summed E-state index contributed by atoms with van der Waals surface area (Å²) in [5, 5.41) is 5.46. The Morgan fingerprint density at radius 3 is 1.87 bits per heavy atom. The van der Waals surface area contributed by atoms with Crippen LogP contribution in [0.5, 0.6) is 0 Å². The lowest BCUT2D eigenvalue weighted by atomic mass is 10.1. The van der Waals surface area contributed by atoms with Gasteiger partial charge in [0.15, 0.2) is 0 Å². The number of hydrogen-bond donors (Lipinski definition) is 2. The molecular weight excluding hydrogens is 360 g/mol. The number of nitrogens with one attached hydrogen (secondary N) is 1. The first kappa shape index (κ1) is 17.9. The van der Waals surface area contributed by atoms with E-state index in [0.29, 0.717) is 10.6 Å². The second kappa shape index (κ2) is 6.58. The largest absolute Gasteiger partial charge is 0.241 e. The molecule has 1 unspecified atom stereocenters. The highest BCUT2D eigenvalue weighted by Gasteiger charge is 2.18. The van der Waals surface area contributed by atoms with Gasteiger partial charge in [-0.25, -0.2) is 26.7 Å². The van der Waals surface area contributed by atoms with Gasteiger partial charge in [-0.3, -0.25) is 0 Å². The van der Waals surface area contributed by atoms with Crippen LogP contribution in [-0.4, -0.2) is 16.8 Å². The highest BCUT2D eigenvalue weighted by molar-refractivity contribution is 7.89. The number of primary sulfonamides is 1. The first-order chi connectivity index (χ1) is 10.6. The van der Waals surface area contributed by atoms with Gasteiger partial charge in [-0.15, -0.1) is 0 Å². The first-order valence-corrected chi connectivity index (χ1v) is 9.91. The van der Waals surface area contributed by atoms with Crippen molar-refractivity contribution in [2.24, 2.45) is 5.14 Å². The van der Waals surface area contributed by atoms with Gasteiger partial charge in [-0.2, -0.15) is 0 Å². The minimum atomic E-state index is -3.78. The Labute approximate surface area is 140 Å². The van der Waals surface area contributed by atoms with Crippen LogP contribution in [0, 0.1) is 0 Å². The Morgan fingerprint density at radius 1 is 0.913 bits per heavy atom. The molecule has 1 atom stereocenters. The number of nitrogens with two attached hydrogens (primary N) is 1. The van der Waals surface area contributed by atoms with Gasteiger partial charge in [0.25, 0.3) is 0 Å². The molecule has 0 heterocycles. The molecule has 0 spiro atoms. The van der Waals surface area contributed by atoms with Gasteiger partial charge < -0.3 is 0 Å². The fourth-order valence-corrected chi connectivity index (χ4v) is 3.80. The Morgan fingerprint density at radius 2 is 1.39 bits per heavy atom. The second-order valence-corrected chi connectivity index (χ2v) is 8.62. The van der Waals surface area contributed by atoms with Crippen molar-refractivity contribution in [3.8, 4) is 0 Å². The van der Waals surface area contributed by atoms with Crippen molar-refractivity contribution in [3.63, 3.8) is 0 Å². The van der Waals surface area contributed by atoms with Gasteiger partial charge >= 0.3 is 0 Å². The molecule has 0 saturated heterocycles. The maximum absolute atomic E-state index is 12.3. The zero-order chi connectivity index (χ0) is 17.3. The molecular formula is C14H15ClN2O4S2. The van der Waals surface area contributed by atoms with Crippen LogP contribution in [0.2, 0.25) is 5.02 Å². The number of hydrogen-bond acceptors (Lipinski definition) is 4. The molecule has 9 heteroatoms. The van der Waals surface area contributed by atoms with Crippen LogP contribution >= 0.6 is 11.6 Å². The van der Waals surface area contributed by atoms with Gasteiger partial charge in [0.05, 0.1) is 9.79 Å². The molecule has 0 amide bonds. The van der Waals surface area contributed by atoms with E-state index >= 15 is 0 Å². The van der Waals surface area contributed by atoms with Crippen LogP contribution in [0.25, 0.3) is 0 Å². The zero-order valence-corrected chi connectivity index (χ0v) is 14.5. The third-order valence-corrected chi connectivity index (χ3v) is 5.90. The molecule has 0 fully saturated rings. The predicted octanol–water partition coefficient (Wildman–Crippen LogP) is 2.03. The van der Waals surface area contributed by atoms with E-state index < -0.39 is 26.1 Å². The van der Waals surface area contributed by atoms with E-state index in [-0.39, 0.29) is 9.79 Å². The molecule has 6 nitrogen and oxygen atoms in total. The van der Waals surface area contributed by atoms with E-state index in [2.05, 4.69) is 4.72 Å². The minimum Gasteiger partial charge on any atom is -0.225 e. The summed E-state index contributed by atoms with van der Waals surface area (Å²) < 4.78 is 49.5. The Kier molecular flexibility index (Phi) is 5.12. The van der Waals surface area contributed by atoms with E-state index in [1.807, 2.05) is 0 Å². The molecule has 0 aliphatic rings. The fourth-order valence-electron chi connectivity index (χ4n) is 1.93. The van der Waals surface area contributed by atoms with E-state index in [1.165, 1.54) is 48.5 Å². The van der Waals surface area contributed by atoms with Crippen molar-refractivity contribution in [1.82, 2.24) is 4.72 Å². The zero-order valence-electron chi connectivity index (χ0n) is 12.1. The van der Waals surface area contributed by atoms with E-state index in [0.717, 1.165) is 0 Å². The van der Waals surface area contributed by atoms with Gasteiger partial charge in [-0.05, 0) is 48.9 Å². The van der Waals surface area contributed by atoms with Crippen molar-refractivity contribution < 1.29 is 16.8 Å². The lowest BCUT2D eigenvalue weighted by molar-refractivity contribution is 0.566. The van der Waals surface area contributed by atoms with E-state index in [1.54, 1.807) is 6.92 Å². The third-order valence-electron chi connectivity index (χ3n) is 3.16. The van der Waals surface area contributed by atoms with Crippen molar-refractivity contribution in [3.05, 3.63) is 59.1 Å². The Hall–Kier alpha value is -1.45. The number of rotatable bonds is 5. The summed E-state index contributed by atoms with van der Waals surface area (Å²) in [5.74, 6) is 0. The highest BCUT2D eigenvalue weighted by atomic mass is 35.5. The van der Waals surface area contributed by atoms with Crippen molar-refractivity contribution in [2.45, 2.75) is 22.8 Å². The molecule has 0 bridgehead atoms. The summed E-state index contributed by atoms with van der Waals surface area (Å²) in [7, 11) is -7.49. The fraction of sp³-hybridized carbons (Fsp3) is 0.143.